The third-order valence-corrected chi connectivity index (χ3v) is 4.27. The molecule has 2 unspecified atom stereocenters. The van der Waals surface area contributed by atoms with Gasteiger partial charge in [-0.05, 0) is 52.5 Å². The third-order valence-electron chi connectivity index (χ3n) is 4.27. The number of rotatable bonds is 2. The standard InChI is InChI=1S/C16H27NO/c1-12-10-15(2,3)17(11-16(4,5)18)14-9-7-6-8-13(12)14/h6-7,9,12-13,18H,8,10-11H2,1-5H3. The first-order chi connectivity index (χ1) is 8.21. The second-order valence-electron chi connectivity index (χ2n) is 7.25. The Kier molecular flexibility index (Phi) is 3.35. The summed E-state index contributed by atoms with van der Waals surface area (Å²) < 4.78 is 0. The van der Waals surface area contributed by atoms with E-state index >= 15 is 0 Å². The monoisotopic (exact) mass is 249 g/mol. The van der Waals surface area contributed by atoms with Crippen LogP contribution in [0.4, 0.5) is 0 Å². The van der Waals surface area contributed by atoms with E-state index in [2.05, 4.69) is 43.9 Å². The average Bonchev–Trinajstić information content (AvgIpc) is 2.22. The van der Waals surface area contributed by atoms with Crippen LogP contribution in [0, 0.1) is 11.8 Å². The number of hydrogen-bond donors (Lipinski definition) is 1. The quantitative estimate of drug-likeness (QED) is 0.811. The summed E-state index contributed by atoms with van der Waals surface area (Å²) in [4.78, 5) is 2.43. The number of β-amino-alcohol motifs (C(OH)–C–C–N with tert-alkyl or cyclic N) is 1. The molecule has 0 amide bonds. The van der Waals surface area contributed by atoms with Crippen molar-refractivity contribution in [2.45, 2.75) is 58.6 Å². The minimum Gasteiger partial charge on any atom is -0.389 e. The molecular formula is C16H27NO. The summed E-state index contributed by atoms with van der Waals surface area (Å²) in [7, 11) is 0. The Morgan fingerprint density at radius 2 is 2.11 bits per heavy atom. The molecule has 2 heteroatoms. The molecule has 2 rings (SSSR count). The van der Waals surface area contributed by atoms with Gasteiger partial charge >= 0.3 is 0 Å². The summed E-state index contributed by atoms with van der Waals surface area (Å²) in [5.74, 6) is 1.35. The summed E-state index contributed by atoms with van der Waals surface area (Å²) in [5, 5.41) is 10.2. The summed E-state index contributed by atoms with van der Waals surface area (Å²) in [5.41, 5.74) is 0.903. The number of hydrogen-bond acceptors (Lipinski definition) is 2. The molecule has 0 aromatic carbocycles. The maximum Gasteiger partial charge on any atom is 0.0765 e. The Morgan fingerprint density at radius 1 is 1.44 bits per heavy atom. The highest BCUT2D eigenvalue weighted by atomic mass is 16.3. The third kappa shape index (κ3) is 2.64. The van der Waals surface area contributed by atoms with E-state index in [9.17, 15) is 5.11 Å². The Bertz CT molecular complexity index is 373. The number of likely N-dealkylation sites (tertiary alicyclic amines) is 1. The Morgan fingerprint density at radius 3 is 2.72 bits per heavy atom. The zero-order valence-corrected chi connectivity index (χ0v) is 12.4. The van der Waals surface area contributed by atoms with Gasteiger partial charge in [0, 0.05) is 23.7 Å². The first kappa shape index (κ1) is 13.7. The SMILES string of the molecule is CC1CC(C)(C)N(CC(C)(C)O)C2=CC=CCC21. The molecule has 18 heavy (non-hydrogen) atoms. The van der Waals surface area contributed by atoms with Gasteiger partial charge in [0.25, 0.3) is 0 Å². The van der Waals surface area contributed by atoms with Gasteiger partial charge in [-0.3, -0.25) is 0 Å². The van der Waals surface area contributed by atoms with Gasteiger partial charge in [-0.1, -0.05) is 19.1 Å². The van der Waals surface area contributed by atoms with Gasteiger partial charge in [0.1, 0.15) is 0 Å². The summed E-state index contributed by atoms with van der Waals surface area (Å²) in [6, 6.07) is 0. The molecule has 2 atom stereocenters. The predicted molar refractivity (Wildman–Crippen MR) is 76.2 cm³/mol. The minimum atomic E-state index is -0.648. The van der Waals surface area contributed by atoms with Crippen molar-refractivity contribution in [3.8, 4) is 0 Å². The van der Waals surface area contributed by atoms with Crippen LogP contribution < -0.4 is 0 Å². The van der Waals surface area contributed by atoms with Crippen LogP contribution in [-0.2, 0) is 0 Å². The highest BCUT2D eigenvalue weighted by Gasteiger charge is 2.42. The molecule has 1 fully saturated rings. The van der Waals surface area contributed by atoms with Crippen molar-refractivity contribution in [2.24, 2.45) is 11.8 Å². The number of nitrogens with zero attached hydrogens (tertiary/aromatic N) is 1. The van der Waals surface area contributed by atoms with Gasteiger partial charge in [-0.2, -0.15) is 0 Å². The summed E-state index contributed by atoms with van der Waals surface area (Å²) in [6.07, 6.45) is 9.02. The predicted octanol–water partition coefficient (Wildman–Crippen LogP) is 3.34. The molecule has 1 saturated heterocycles. The lowest BCUT2D eigenvalue weighted by Crippen LogP contribution is -2.55. The second kappa shape index (κ2) is 4.41. The topological polar surface area (TPSA) is 23.5 Å². The van der Waals surface area contributed by atoms with Crippen molar-refractivity contribution in [1.29, 1.82) is 0 Å². The molecule has 0 bridgehead atoms. The fraction of sp³-hybridized carbons (Fsp3) is 0.750. The van der Waals surface area contributed by atoms with E-state index in [1.165, 1.54) is 12.1 Å². The molecule has 2 aliphatic rings. The molecule has 102 valence electrons. The van der Waals surface area contributed by atoms with Gasteiger partial charge in [-0.25, -0.2) is 0 Å². The molecule has 1 aliphatic heterocycles. The van der Waals surface area contributed by atoms with Gasteiger partial charge in [0.05, 0.1) is 5.60 Å². The first-order valence-electron chi connectivity index (χ1n) is 7.07. The lowest BCUT2D eigenvalue weighted by molar-refractivity contribution is -0.0176. The van der Waals surface area contributed by atoms with Crippen LogP contribution in [0.3, 0.4) is 0 Å². The van der Waals surface area contributed by atoms with Crippen molar-refractivity contribution in [3.63, 3.8) is 0 Å². The summed E-state index contributed by atoms with van der Waals surface area (Å²) in [6.45, 7) is 11.5. The molecule has 0 spiro atoms. The average molecular weight is 249 g/mol. The van der Waals surface area contributed by atoms with E-state index in [1.807, 2.05) is 13.8 Å². The van der Waals surface area contributed by atoms with Crippen molar-refractivity contribution in [3.05, 3.63) is 23.9 Å². The van der Waals surface area contributed by atoms with Crippen molar-refractivity contribution < 1.29 is 5.11 Å². The summed E-state index contributed by atoms with van der Waals surface area (Å²) >= 11 is 0. The normalized spacial score (nSPS) is 31.0. The van der Waals surface area contributed by atoms with Crippen LogP contribution in [0.15, 0.2) is 23.9 Å². The van der Waals surface area contributed by atoms with Crippen LogP contribution >= 0.6 is 0 Å². The number of fused-ring (bicyclic) bond motifs is 1. The van der Waals surface area contributed by atoms with E-state index in [-0.39, 0.29) is 5.54 Å². The zero-order valence-electron chi connectivity index (χ0n) is 12.4. The molecule has 0 radical (unpaired) electrons. The molecule has 1 aliphatic carbocycles. The first-order valence-corrected chi connectivity index (χ1v) is 7.07. The molecule has 0 aromatic rings. The lowest BCUT2D eigenvalue weighted by atomic mass is 9.72. The molecule has 2 nitrogen and oxygen atoms in total. The van der Waals surface area contributed by atoms with Crippen molar-refractivity contribution >= 4 is 0 Å². The smallest absolute Gasteiger partial charge is 0.0765 e. The van der Waals surface area contributed by atoms with Gasteiger partial charge in [0.2, 0.25) is 0 Å². The minimum absolute atomic E-state index is 0.132. The zero-order chi connectivity index (χ0) is 13.6. The van der Waals surface area contributed by atoms with Gasteiger partial charge in [-0.15, -0.1) is 0 Å². The number of allylic oxidation sites excluding steroid dienone is 4. The van der Waals surface area contributed by atoms with Crippen LogP contribution in [0.25, 0.3) is 0 Å². The van der Waals surface area contributed by atoms with Crippen molar-refractivity contribution in [2.75, 3.05) is 6.54 Å². The van der Waals surface area contributed by atoms with E-state index in [0.717, 1.165) is 6.42 Å². The molecule has 1 N–H and O–H groups in total. The maximum absolute atomic E-state index is 10.2. The van der Waals surface area contributed by atoms with E-state index in [0.29, 0.717) is 18.4 Å². The maximum atomic E-state index is 10.2. The fourth-order valence-electron chi connectivity index (χ4n) is 3.53. The molecule has 1 heterocycles. The van der Waals surface area contributed by atoms with Crippen LogP contribution in [0.5, 0.6) is 0 Å². The highest BCUT2D eigenvalue weighted by Crippen LogP contribution is 2.44. The molecule has 0 aromatic heterocycles. The molecule has 0 saturated carbocycles. The van der Waals surface area contributed by atoms with Crippen molar-refractivity contribution in [1.82, 2.24) is 4.90 Å². The number of aliphatic hydroxyl groups is 1. The fourth-order valence-corrected chi connectivity index (χ4v) is 3.53. The highest BCUT2D eigenvalue weighted by molar-refractivity contribution is 5.25. The largest absolute Gasteiger partial charge is 0.389 e. The Balaban J connectivity index is 2.33. The van der Waals surface area contributed by atoms with E-state index in [4.69, 9.17) is 0 Å². The second-order valence-corrected chi connectivity index (χ2v) is 7.25. The van der Waals surface area contributed by atoms with Gasteiger partial charge in [0.15, 0.2) is 0 Å². The molecular weight excluding hydrogens is 222 g/mol. The number of piperidine rings is 1. The van der Waals surface area contributed by atoms with Crippen LogP contribution in [0.1, 0.15) is 47.5 Å². The van der Waals surface area contributed by atoms with Crippen LogP contribution in [-0.4, -0.2) is 27.7 Å². The Labute approximate surface area is 111 Å². The van der Waals surface area contributed by atoms with Gasteiger partial charge < -0.3 is 10.0 Å². The lowest BCUT2D eigenvalue weighted by Gasteiger charge is -2.53. The van der Waals surface area contributed by atoms with Crippen LogP contribution in [0.2, 0.25) is 0 Å². The Hall–Kier alpha value is -0.760. The van der Waals surface area contributed by atoms with E-state index < -0.39 is 5.60 Å². The van der Waals surface area contributed by atoms with E-state index in [1.54, 1.807) is 0 Å².